The van der Waals surface area contributed by atoms with Crippen LogP contribution in [-0.4, -0.2) is 81.9 Å². The van der Waals surface area contributed by atoms with E-state index in [1.165, 1.54) is 0 Å². The molecule has 4 rings (SSSR count). The predicted molar refractivity (Wildman–Crippen MR) is 125 cm³/mol. The number of benzene rings is 1. The first-order valence-corrected chi connectivity index (χ1v) is 11.6. The lowest BCUT2D eigenvalue weighted by atomic mass is 10.2. The maximum Gasteiger partial charge on any atom is 0.215 e. The number of hydrogen-bond acceptors (Lipinski definition) is 7. The molecule has 2 fully saturated rings. The van der Waals surface area contributed by atoms with E-state index in [1.54, 1.807) is 0 Å². The number of nitrogens with zero attached hydrogens (tertiary/aromatic N) is 4. The molecule has 0 saturated carbocycles. The van der Waals surface area contributed by atoms with Crippen molar-refractivity contribution in [3.05, 3.63) is 52.1 Å². The summed E-state index contributed by atoms with van der Waals surface area (Å²) in [6.07, 6.45) is 1.88. The molecule has 2 aromatic rings. The van der Waals surface area contributed by atoms with Gasteiger partial charge in [0.05, 0.1) is 38.7 Å². The molecule has 1 aromatic carbocycles. The SMILES string of the molecule is Brc1cccc(C=NCc2cc(N3CCOCC3)cc(OCCN3CCOCC3)n2)c1. The van der Waals surface area contributed by atoms with Gasteiger partial charge in [0.2, 0.25) is 5.88 Å². The van der Waals surface area contributed by atoms with E-state index in [2.05, 4.69) is 36.8 Å². The lowest BCUT2D eigenvalue weighted by molar-refractivity contribution is 0.0320. The van der Waals surface area contributed by atoms with Gasteiger partial charge in [0, 0.05) is 55.2 Å². The summed E-state index contributed by atoms with van der Waals surface area (Å²) in [5.74, 6) is 0.657. The molecule has 8 heteroatoms. The first-order valence-electron chi connectivity index (χ1n) is 10.8. The normalized spacial score (nSPS) is 17.9. The van der Waals surface area contributed by atoms with Crippen molar-refractivity contribution in [2.75, 3.05) is 70.7 Å². The quantitative estimate of drug-likeness (QED) is 0.532. The first-order chi connectivity index (χ1) is 15.3. The van der Waals surface area contributed by atoms with Crippen molar-refractivity contribution >= 4 is 27.8 Å². The minimum absolute atomic E-state index is 0.504. The summed E-state index contributed by atoms with van der Waals surface area (Å²) in [5.41, 5.74) is 3.07. The number of rotatable bonds is 8. The van der Waals surface area contributed by atoms with Crippen LogP contribution in [0.3, 0.4) is 0 Å². The van der Waals surface area contributed by atoms with Crippen LogP contribution in [-0.2, 0) is 16.0 Å². The average molecular weight is 489 g/mol. The molecule has 0 bridgehead atoms. The molecule has 2 aliphatic heterocycles. The van der Waals surface area contributed by atoms with Crippen LogP contribution in [0.1, 0.15) is 11.3 Å². The Kier molecular flexibility index (Phi) is 8.29. The molecule has 0 N–H and O–H groups in total. The van der Waals surface area contributed by atoms with Crippen molar-refractivity contribution in [3.63, 3.8) is 0 Å². The second-order valence-corrected chi connectivity index (χ2v) is 8.50. The van der Waals surface area contributed by atoms with Gasteiger partial charge >= 0.3 is 0 Å². The topological polar surface area (TPSA) is 59.4 Å². The van der Waals surface area contributed by atoms with Crippen LogP contribution in [0.2, 0.25) is 0 Å². The monoisotopic (exact) mass is 488 g/mol. The second kappa shape index (κ2) is 11.6. The molecule has 0 spiro atoms. The van der Waals surface area contributed by atoms with Crippen LogP contribution >= 0.6 is 15.9 Å². The maximum atomic E-state index is 6.05. The highest BCUT2D eigenvalue weighted by Gasteiger charge is 2.15. The number of aliphatic imine (C=N–C) groups is 1. The number of morpholine rings is 2. The van der Waals surface area contributed by atoms with Gasteiger partial charge in [-0.05, 0) is 23.8 Å². The fraction of sp³-hybridized carbons (Fsp3) is 0.478. The third-order valence-electron chi connectivity index (χ3n) is 5.32. The Morgan fingerprint density at radius 1 is 1.03 bits per heavy atom. The molecule has 2 aliphatic rings. The summed E-state index contributed by atoms with van der Waals surface area (Å²) in [6, 6.07) is 12.2. The largest absolute Gasteiger partial charge is 0.476 e. The van der Waals surface area contributed by atoms with Gasteiger partial charge in [-0.15, -0.1) is 0 Å². The van der Waals surface area contributed by atoms with E-state index >= 15 is 0 Å². The molecule has 0 aliphatic carbocycles. The molecule has 0 unspecified atom stereocenters. The van der Waals surface area contributed by atoms with Crippen molar-refractivity contribution in [1.29, 1.82) is 0 Å². The zero-order chi connectivity index (χ0) is 21.3. The molecule has 1 aromatic heterocycles. The maximum absolute atomic E-state index is 6.05. The van der Waals surface area contributed by atoms with E-state index in [1.807, 2.05) is 36.5 Å². The zero-order valence-electron chi connectivity index (χ0n) is 17.7. The van der Waals surface area contributed by atoms with E-state index in [0.29, 0.717) is 19.0 Å². The number of aromatic nitrogens is 1. The highest BCUT2D eigenvalue weighted by Crippen LogP contribution is 2.23. The van der Waals surface area contributed by atoms with Crippen LogP contribution in [0.4, 0.5) is 5.69 Å². The minimum Gasteiger partial charge on any atom is -0.476 e. The summed E-state index contributed by atoms with van der Waals surface area (Å²) in [5, 5.41) is 0. The Hall–Kier alpha value is -2.00. The lowest BCUT2D eigenvalue weighted by Crippen LogP contribution is -2.38. The molecule has 31 heavy (non-hydrogen) atoms. The van der Waals surface area contributed by atoms with Crippen molar-refractivity contribution in [2.45, 2.75) is 6.54 Å². The Bertz CT molecular complexity index is 868. The van der Waals surface area contributed by atoms with Crippen LogP contribution in [0, 0.1) is 0 Å². The average Bonchev–Trinajstić information content (AvgIpc) is 2.80. The summed E-state index contributed by atoms with van der Waals surface area (Å²) >= 11 is 3.50. The molecule has 3 heterocycles. The number of pyridine rings is 1. The molecule has 0 atom stereocenters. The fourth-order valence-corrected chi connectivity index (χ4v) is 4.06. The van der Waals surface area contributed by atoms with Gasteiger partial charge in [0.1, 0.15) is 6.61 Å². The highest BCUT2D eigenvalue weighted by molar-refractivity contribution is 9.10. The lowest BCUT2D eigenvalue weighted by Gasteiger charge is -2.29. The van der Waals surface area contributed by atoms with Gasteiger partial charge in [-0.3, -0.25) is 9.89 Å². The Morgan fingerprint density at radius 2 is 1.81 bits per heavy atom. The summed E-state index contributed by atoms with van der Waals surface area (Å²) < 4.78 is 18.0. The molecule has 0 radical (unpaired) electrons. The Morgan fingerprint density at radius 3 is 2.58 bits per heavy atom. The summed E-state index contributed by atoms with van der Waals surface area (Å²) in [7, 11) is 0. The van der Waals surface area contributed by atoms with Crippen LogP contribution in [0.25, 0.3) is 0 Å². The van der Waals surface area contributed by atoms with Gasteiger partial charge in [-0.2, -0.15) is 0 Å². The van der Waals surface area contributed by atoms with Crippen molar-refractivity contribution in [1.82, 2.24) is 9.88 Å². The van der Waals surface area contributed by atoms with Crippen molar-refractivity contribution in [2.24, 2.45) is 4.99 Å². The Labute approximate surface area is 192 Å². The van der Waals surface area contributed by atoms with Crippen LogP contribution in [0.5, 0.6) is 5.88 Å². The summed E-state index contributed by atoms with van der Waals surface area (Å²) in [6.45, 7) is 8.73. The molecular formula is C23H29BrN4O3. The van der Waals surface area contributed by atoms with E-state index in [4.69, 9.17) is 19.2 Å². The number of anilines is 1. The smallest absolute Gasteiger partial charge is 0.215 e. The van der Waals surface area contributed by atoms with E-state index in [-0.39, 0.29) is 0 Å². The third kappa shape index (κ3) is 7.00. The number of hydrogen-bond donors (Lipinski definition) is 0. The molecule has 166 valence electrons. The van der Waals surface area contributed by atoms with E-state index < -0.39 is 0 Å². The Balaban J connectivity index is 1.43. The zero-order valence-corrected chi connectivity index (χ0v) is 19.3. The van der Waals surface area contributed by atoms with Crippen LogP contribution < -0.4 is 9.64 Å². The van der Waals surface area contributed by atoms with Crippen molar-refractivity contribution in [3.8, 4) is 5.88 Å². The first kappa shape index (κ1) is 22.2. The van der Waals surface area contributed by atoms with Gasteiger partial charge in [0.15, 0.2) is 0 Å². The third-order valence-corrected chi connectivity index (χ3v) is 5.81. The van der Waals surface area contributed by atoms with Gasteiger partial charge in [-0.25, -0.2) is 4.98 Å². The van der Waals surface area contributed by atoms with Crippen LogP contribution in [0.15, 0.2) is 45.9 Å². The van der Waals surface area contributed by atoms with E-state index in [9.17, 15) is 0 Å². The molecule has 0 amide bonds. The minimum atomic E-state index is 0.504. The van der Waals surface area contributed by atoms with Gasteiger partial charge in [0.25, 0.3) is 0 Å². The number of halogens is 1. The van der Waals surface area contributed by atoms with Gasteiger partial charge < -0.3 is 19.1 Å². The summed E-state index contributed by atoms with van der Waals surface area (Å²) in [4.78, 5) is 14.0. The standard InChI is InChI=1S/C23H29BrN4O3/c24-20-3-1-2-19(14-20)17-25-18-21-15-22(28-7-11-30-12-8-28)16-23(26-21)31-13-6-27-4-9-29-10-5-27/h1-3,14-17H,4-13,18H2. The highest BCUT2D eigenvalue weighted by atomic mass is 79.9. The van der Waals surface area contributed by atoms with Gasteiger partial charge in [-0.1, -0.05) is 28.1 Å². The van der Waals surface area contributed by atoms with E-state index in [0.717, 1.165) is 80.6 Å². The molecular weight excluding hydrogens is 460 g/mol. The number of ether oxygens (including phenoxy) is 3. The second-order valence-electron chi connectivity index (χ2n) is 7.58. The molecule has 2 saturated heterocycles. The predicted octanol–water partition coefficient (Wildman–Crippen LogP) is 3.01. The fourth-order valence-electron chi connectivity index (χ4n) is 3.64. The van der Waals surface area contributed by atoms with Crippen molar-refractivity contribution < 1.29 is 14.2 Å². The molecule has 7 nitrogen and oxygen atoms in total.